The molecule has 2 aliphatic carbocycles. The van der Waals surface area contributed by atoms with Crippen molar-refractivity contribution in [1.29, 1.82) is 0 Å². The zero-order valence-electron chi connectivity index (χ0n) is 22.5. The first-order valence-corrected chi connectivity index (χ1v) is 14.5. The van der Waals surface area contributed by atoms with E-state index in [0.29, 0.717) is 17.6 Å². The van der Waals surface area contributed by atoms with Crippen LogP contribution in [0.1, 0.15) is 103 Å². The second-order valence-corrected chi connectivity index (χ2v) is 12.3. The van der Waals surface area contributed by atoms with Crippen LogP contribution in [0.3, 0.4) is 0 Å². The number of aryl methyl sites for hydroxylation is 1. The van der Waals surface area contributed by atoms with Crippen LogP contribution in [0.5, 0.6) is 0 Å². The molecule has 11 heteroatoms. The molecular weight excluding hydrogens is 506 g/mol. The van der Waals surface area contributed by atoms with Crippen molar-refractivity contribution in [2.24, 2.45) is 0 Å². The second-order valence-electron chi connectivity index (χ2n) is 12.3. The van der Waals surface area contributed by atoms with Gasteiger partial charge in [-0.2, -0.15) is 14.7 Å². The number of nitrogens with two attached hydrogens (primary N) is 1. The highest BCUT2D eigenvalue weighted by Crippen LogP contribution is 2.50. The first-order chi connectivity index (χ1) is 19.4. The third-order valence-corrected chi connectivity index (χ3v) is 9.61. The first-order valence-electron chi connectivity index (χ1n) is 14.5. The van der Waals surface area contributed by atoms with Crippen molar-refractivity contribution in [3.63, 3.8) is 0 Å². The van der Waals surface area contributed by atoms with Crippen molar-refractivity contribution < 1.29 is 9.90 Å². The first kappa shape index (κ1) is 24.0. The number of nitrogens with zero attached hydrogens (tertiary/aromatic N) is 7. The summed E-state index contributed by atoms with van der Waals surface area (Å²) in [5, 5.41) is 22.1. The number of nitrogen functional groups attached to an aromatic ring is 1. The molecule has 3 atom stereocenters. The van der Waals surface area contributed by atoms with E-state index in [9.17, 15) is 9.90 Å². The monoisotopic (exact) mass is 539 g/mol. The molecule has 0 radical (unpaired) electrons. The molecule has 3 unspecified atom stereocenters. The Morgan fingerprint density at radius 2 is 1.93 bits per heavy atom. The summed E-state index contributed by atoms with van der Waals surface area (Å²) in [6, 6.07) is 2.43. The maximum Gasteiger partial charge on any atom is 0.291 e. The fourth-order valence-electron chi connectivity index (χ4n) is 7.59. The molecule has 2 bridgehead atoms. The van der Waals surface area contributed by atoms with Gasteiger partial charge >= 0.3 is 0 Å². The average molecular weight is 540 g/mol. The van der Waals surface area contributed by atoms with Crippen LogP contribution >= 0.6 is 0 Å². The number of pyridine rings is 1. The Morgan fingerprint density at radius 3 is 2.65 bits per heavy atom. The predicted molar refractivity (Wildman–Crippen MR) is 146 cm³/mol. The zero-order valence-corrected chi connectivity index (χ0v) is 22.5. The Balaban J connectivity index is 1.19. The van der Waals surface area contributed by atoms with Gasteiger partial charge in [0, 0.05) is 40.9 Å². The number of amides is 1. The van der Waals surface area contributed by atoms with Gasteiger partial charge in [-0.1, -0.05) is 0 Å². The molecule has 4 aromatic heterocycles. The lowest BCUT2D eigenvalue weighted by Gasteiger charge is -2.39. The molecule has 2 aliphatic heterocycles. The van der Waals surface area contributed by atoms with Gasteiger partial charge in [-0.05, 0) is 82.3 Å². The lowest BCUT2D eigenvalue weighted by Crippen LogP contribution is -2.46. The number of piperidine rings is 1. The van der Waals surface area contributed by atoms with Crippen molar-refractivity contribution >= 4 is 17.4 Å². The van der Waals surface area contributed by atoms with Gasteiger partial charge in [-0.15, -0.1) is 0 Å². The quantitative estimate of drug-likeness (QED) is 0.357. The lowest BCUT2D eigenvalue weighted by molar-refractivity contribution is 0.0340. The highest BCUT2D eigenvalue weighted by atomic mass is 16.3. The van der Waals surface area contributed by atoms with Gasteiger partial charge in [0.05, 0.1) is 17.6 Å². The van der Waals surface area contributed by atoms with E-state index in [-0.39, 0.29) is 23.9 Å². The van der Waals surface area contributed by atoms with E-state index in [2.05, 4.69) is 26.3 Å². The Morgan fingerprint density at radius 1 is 1.12 bits per heavy atom. The van der Waals surface area contributed by atoms with Crippen LogP contribution in [0.25, 0.3) is 16.8 Å². The molecule has 1 amide bonds. The maximum atomic E-state index is 13.2. The smallest absolute Gasteiger partial charge is 0.291 e. The summed E-state index contributed by atoms with van der Waals surface area (Å²) < 4.78 is 1.79. The Bertz CT molecular complexity index is 1620. The summed E-state index contributed by atoms with van der Waals surface area (Å²) >= 11 is 0. The summed E-state index contributed by atoms with van der Waals surface area (Å²) in [5.41, 5.74) is 12.6. The molecule has 1 saturated carbocycles. The standard InChI is InChI=1S/C29H33N9O2/c1-29(40)8-2-3-16-9-18(12-31-24(16)29)21-13-34-38-25(30)22(15-4-5-15)23(35-27(21)38)17-10-19-6-7-20(11-17)37(19)28(39)26-32-14-33-36-26/h9,12-15,17,19-20,40H,2-8,10-11,30H2,1H3,(H,32,33,36). The molecule has 0 aromatic carbocycles. The molecule has 4 aliphatic rings. The molecule has 8 rings (SSSR count). The van der Waals surface area contributed by atoms with Crippen LogP contribution in [0, 0.1) is 0 Å². The van der Waals surface area contributed by atoms with E-state index in [4.69, 9.17) is 15.7 Å². The number of fused-ring (bicyclic) bond motifs is 4. The topological polar surface area (TPSA) is 151 Å². The van der Waals surface area contributed by atoms with Gasteiger partial charge in [-0.3, -0.25) is 14.9 Å². The average Bonchev–Trinajstić information content (AvgIpc) is 3.33. The highest BCUT2D eigenvalue weighted by Gasteiger charge is 2.46. The molecule has 2 saturated heterocycles. The summed E-state index contributed by atoms with van der Waals surface area (Å²) in [6.07, 6.45) is 13.5. The second kappa shape index (κ2) is 8.57. The summed E-state index contributed by atoms with van der Waals surface area (Å²) in [4.78, 5) is 29.4. The van der Waals surface area contributed by atoms with Gasteiger partial charge in [-0.25, -0.2) is 9.97 Å². The molecule has 3 fully saturated rings. The van der Waals surface area contributed by atoms with Crippen molar-refractivity contribution in [3.8, 4) is 11.1 Å². The number of aliphatic hydroxyl groups is 1. The minimum Gasteiger partial charge on any atom is -0.384 e. The normalized spacial score (nSPS) is 27.8. The molecule has 4 N–H and O–H groups in total. The number of H-pyrrole nitrogens is 1. The largest absolute Gasteiger partial charge is 0.384 e. The molecule has 0 spiro atoms. The van der Waals surface area contributed by atoms with Gasteiger partial charge in [0.1, 0.15) is 17.7 Å². The fourth-order valence-corrected chi connectivity index (χ4v) is 7.59. The van der Waals surface area contributed by atoms with Gasteiger partial charge in [0.15, 0.2) is 5.65 Å². The van der Waals surface area contributed by atoms with Crippen molar-refractivity contribution in [1.82, 2.24) is 39.7 Å². The van der Waals surface area contributed by atoms with Crippen molar-refractivity contribution in [2.75, 3.05) is 5.73 Å². The molecule has 4 aromatic rings. The van der Waals surface area contributed by atoms with E-state index in [1.807, 2.05) is 24.2 Å². The van der Waals surface area contributed by atoms with Crippen LogP contribution in [0.2, 0.25) is 0 Å². The van der Waals surface area contributed by atoms with Gasteiger partial charge in [0.25, 0.3) is 5.91 Å². The van der Waals surface area contributed by atoms with E-state index in [0.717, 1.165) is 97.1 Å². The van der Waals surface area contributed by atoms with Crippen LogP contribution in [0.15, 0.2) is 24.8 Å². The minimum atomic E-state index is -0.898. The number of hydrogen-bond acceptors (Lipinski definition) is 8. The number of hydrogen-bond donors (Lipinski definition) is 3. The van der Waals surface area contributed by atoms with Gasteiger partial charge < -0.3 is 15.7 Å². The van der Waals surface area contributed by atoms with E-state index in [1.54, 1.807) is 4.52 Å². The van der Waals surface area contributed by atoms with Crippen LogP contribution < -0.4 is 5.73 Å². The number of aromatic nitrogens is 7. The van der Waals surface area contributed by atoms with E-state index < -0.39 is 5.60 Å². The van der Waals surface area contributed by atoms with Crippen molar-refractivity contribution in [2.45, 2.75) is 94.2 Å². The maximum absolute atomic E-state index is 13.2. The molecule has 11 nitrogen and oxygen atoms in total. The van der Waals surface area contributed by atoms with Gasteiger partial charge in [0.2, 0.25) is 5.82 Å². The number of aromatic amines is 1. The molecule has 40 heavy (non-hydrogen) atoms. The van der Waals surface area contributed by atoms with Crippen LogP contribution in [0.4, 0.5) is 5.82 Å². The fraction of sp³-hybridized carbons (Fsp3) is 0.517. The number of anilines is 1. The molecular formula is C29H33N9O2. The summed E-state index contributed by atoms with van der Waals surface area (Å²) in [6.45, 7) is 1.85. The number of carbonyl (C=O) groups is 1. The lowest BCUT2D eigenvalue weighted by atomic mass is 9.83. The Hall–Kier alpha value is -3.86. The Labute approximate surface area is 231 Å². The third-order valence-electron chi connectivity index (χ3n) is 9.61. The Kier molecular flexibility index (Phi) is 5.14. The molecule has 206 valence electrons. The van der Waals surface area contributed by atoms with Crippen LogP contribution in [-0.2, 0) is 12.0 Å². The zero-order chi connectivity index (χ0) is 27.2. The number of carbonyl (C=O) groups excluding carboxylic acids is 1. The number of nitrogens with one attached hydrogen (secondary N) is 1. The predicted octanol–water partition coefficient (Wildman–Crippen LogP) is 3.46. The summed E-state index contributed by atoms with van der Waals surface area (Å²) in [7, 11) is 0. The van der Waals surface area contributed by atoms with E-state index in [1.165, 1.54) is 6.33 Å². The highest BCUT2D eigenvalue weighted by molar-refractivity contribution is 5.91. The van der Waals surface area contributed by atoms with Crippen LogP contribution in [-0.4, -0.2) is 62.8 Å². The summed E-state index contributed by atoms with van der Waals surface area (Å²) in [5.74, 6) is 1.56. The molecule has 6 heterocycles. The third kappa shape index (κ3) is 3.59. The van der Waals surface area contributed by atoms with Crippen molar-refractivity contribution in [3.05, 3.63) is 53.1 Å². The SMILES string of the molecule is CC1(O)CCCc2cc(-c3cnn4c(N)c(C5CC5)c(C5CC6CCC(C5)N6C(=O)c5ncn[nH]5)nc34)cnc21. The van der Waals surface area contributed by atoms with E-state index >= 15 is 0 Å². The number of rotatable bonds is 4. The minimum absolute atomic E-state index is 0.0641.